The van der Waals surface area contributed by atoms with E-state index < -0.39 is 6.10 Å². The van der Waals surface area contributed by atoms with Crippen molar-refractivity contribution in [3.63, 3.8) is 0 Å². The van der Waals surface area contributed by atoms with Gasteiger partial charge in [0.15, 0.2) is 0 Å². The normalized spacial score (nSPS) is 11.7. The van der Waals surface area contributed by atoms with Crippen molar-refractivity contribution in [1.82, 2.24) is 0 Å². The van der Waals surface area contributed by atoms with Crippen LogP contribution in [-0.4, -0.2) is 25.3 Å². The Labute approximate surface area is 109 Å². The average molecular weight is 247 g/mol. The topological polar surface area (TPSA) is 32.7 Å². The Morgan fingerprint density at radius 3 is 2.39 bits per heavy atom. The highest BCUT2D eigenvalue weighted by molar-refractivity contribution is 5.61. The van der Waals surface area contributed by atoms with Gasteiger partial charge in [0.05, 0.1) is 13.2 Å². The van der Waals surface area contributed by atoms with Gasteiger partial charge in [0.2, 0.25) is 0 Å². The molecule has 0 bridgehead atoms. The number of hydrogen-bond donors (Lipinski definition) is 1. The number of benzene rings is 1. The van der Waals surface area contributed by atoms with Crippen molar-refractivity contribution in [3.05, 3.63) is 49.1 Å². The second-order valence-electron chi connectivity index (χ2n) is 4.05. The first-order chi connectivity index (χ1) is 8.65. The fourth-order valence-electron chi connectivity index (χ4n) is 1.99. The first kappa shape index (κ1) is 14.3. The lowest BCUT2D eigenvalue weighted by Gasteiger charge is -2.26. The number of anilines is 1. The van der Waals surface area contributed by atoms with E-state index in [2.05, 4.69) is 18.1 Å². The summed E-state index contributed by atoms with van der Waals surface area (Å²) in [4.78, 5) is 2.09. The van der Waals surface area contributed by atoms with Crippen molar-refractivity contribution >= 4 is 5.69 Å². The predicted octanol–water partition coefficient (Wildman–Crippen LogP) is 2.93. The Balaban J connectivity index is 3.26. The maximum absolute atomic E-state index is 9.94. The number of rotatable bonds is 7. The Bertz CT molecular complexity index is 403. The number of aliphatic hydroxyl groups excluding tert-OH is 1. The van der Waals surface area contributed by atoms with Gasteiger partial charge in [-0.3, -0.25) is 0 Å². The Kier molecular flexibility index (Phi) is 5.46. The summed E-state index contributed by atoms with van der Waals surface area (Å²) in [5.41, 5.74) is 1.74. The van der Waals surface area contributed by atoms with E-state index in [1.54, 1.807) is 14.0 Å². The highest BCUT2D eigenvalue weighted by Crippen LogP contribution is 2.34. The molecule has 0 spiro atoms. The molecule has 0 aliphatic rings. The molecule has 0 saturated carbocycles. The van der Waals surface area contributed by atoms with Crippen LogP contribution in [0.3, 0.4) is 0 Å². The molecule has 0 radical (unpaired) electrons. The summed E-state index contributed by atoms with van der Waals surface area (Å²) in [6, 6.07) is 5.74. The third-order valence-electron chi connectivity index (χ3n) is 2.72. The number of hydrogen-bond acceptors (Lipinski definition) is 3. The zero-order chi connectivity index (χ0) is 13.5. The van der Waals surface area contributed by atoms with Crippen LogP contribution in [0.15, 0.2) is 43.5 Å². The highest BCUT2D eigenvalue weighted by atomic mass is 16.5. The van der Waals surface area contributed by atoms with Crippen LogP contribution >= 0.6 is 0 Å². The van der Waals surface area contributed by atoms with Crippen molar-refractivity contribution < 1.29 is 9.84 Å². The molecule has 0 fully saturated rings. The summed E-state index contributed by atoms with van der Waals surface area (Å²) in [6.45, 7) is 10.6. The predicted molar refractivity (Wildman–Crippen MR) is 76.2 cm³/mol. The summed E-state index contributed by atoms with van der Waals surface area (Å²) >= 11 is 0. The van der Waals surface area contributed by atoms with Gasteiger partial charge in [-0.2, -0.15) is 0 Å². The molecule has 0 aliphatic heterocycles. The van der Waals surface area contributed by atoms with Gasteiger partial charge in [0, 0.05) is 24.3 Å². The van der Waals surface area contributed by atoms with Crippen LogP contribution in [0.5, 0.6) is 5.75 Å². The van der Waals surface area contributed by atoms with Gasteiger partial charge in [0.1, 0.15) is 5.75 Å². The fraction of sp³-hybridized carbons (Fsp3) is 0.333. The number of methoxy groups -OCH3 is 1. The Hall–Kier alpha value is -1.74. The molecule has 1 aromatic rings. The maximum Gasteiger partial charge on any atom is 0.126 e. The molecule has 0 unspecified atom stereocenters. The molecular weight excluding hydrogens is 226 g/mol. The van der Waals surface area contributed by atoms with Gasteiger partial charge < -0.3 is 14.7 Å². The van der Waals surface area contributed by atoms with Crippen molar-refractivity contribution in [2.75, 3.05) is 25.1 Å². The van der Waals surface area contributed by atoms with Crippen molar-refractivity contribution in [2.24, 2.45) is 0 Å². The molecule has 18 heavy (non-hydrogen) atoms. The summed E-state index contributed by atoms with van der Waals surface area (Å²) in [7, 11) is 1.61. The first-order valence-corrected chi connectivity index (χ1v) is 5.97. The smallest absolute Gasteiger partial charge is 0.126 e. The molecule has 0 heterocycles. The number of ether oxygens (including phenoxy) is 1. The summed E-state index contributed by atoms with van der Waals surface area (Å²) in [6.07, 6.45) is 3.07. The minimum atomic E-state index is -0.590. The van der Waals surface area contributed by atoms with Crippen LogP contribution in [-0.2, 0) is 0 Å². The second-order valence-corrected chi connectivity index (χ2v) is 4.05. The quantitative estimate of drug-likeness (QED) is 0.752. The summed E-state index contributed by atoms with van der Waals surface area (Å²) in [5, 5.41) is 9.94. The minimum Gasteiger partial charge on any atom is -0.496 e. The van der Waals surface area contributed by atoms with E-state index in [1.165, 1.54) is 0 Å². The lowest BCUT2D eigenvalue weighted by atomic mass is 10.1. The van der Waals surface area contributed by atoms with Gasteiger partial charge in [-0.1, -0.05) is 18.2 Å². The summed E-state index contributed by atoms with van der Waals surface area (Å²) < 4.78 is 5.32. The summed E-state index contributed by atoms with van der Waals surface area (Å²) in [5.74, 6) is 0.695. The lowest BCUT2D eigenvalue weighted by Crippen LogP contribution is -2.25. The van der Waals surface area contributed by atoms with Gasteiger partial charge >= 0.3 is 0 Å². The molecule has 1 rings (SSSR count). The average Bonchev–Trinajstić information content (AvgIpc) is 2.37. The molecule has 0 saturated heterocycles. The van der Waals surface area contributed by atoms with E-state index in [1.807, 2.05) is 30.4 Å². The van der Waals surface area contributed by atoms with Gasteiger partial charge in [-0.25, -0.2) is 0 Å². The van der Waals surface area contributed by atoms with Crippen LogP contribution in [0.2, 0.25) is 0 Å². The fourth-order valence-corrected chi connectivity index (χ4v) is 1.99. The maximum atomic E-state index is 9.94. The molecule has 98 valence electrons. The largest absolute Gasteiger partial charge is 0.496 e. The van der Waals surface area contributed by atoms with Gasteiger partial charge in [-0.05, 0) is 19.1 Å². The van der Waals surface area contributed by atoms with Crippen LogP contribution < -0.4 is 9.64 Å². The van der Waals surface area contributed by atoms with Gasteiger partial charge in [-0.15, -0.1) is 13.2 Å². The van der Waals surface area contributed by atoms with E-state index in [9.17, 15) is 5.11 Å². The Morgan fingerprint density at radius 2 is 1.94 bits per heavy atom. The monoisotopic (exact) mass is 247 g/mol. The second kappa shape index (κ2) is 6.87. The molecule has 1 atom stereocenters. The molecule has 3 heteroatoms. The van der Waals surface area contributed by atoms with Gasteiger partial charge in [0.25, 0.3) is 0 Å². The highest BCUT2D eigenvalue weighted by Gasteiger charge is 2.17. The van der Waals surface area contributed by atoms with Crippen LogP contribution in [0.4, 0.5) is 5.69 Å². The molecule has 0 amide bonds. The van der Waals surface area contributed by atoms with Crippen molar-refractivity contribution in [2.45, 2.75) is 13.0 Å². The molecule has 1 aromatic carbocycles. The van der Waals surface area contributed by atoms with E-state index >= 15 is 0 Å². The zero-order valence-electron chi connectivity index (χ0n) is 11.1. The molecular formula is C15H21NO2. The molecule has 0 aliphatic carbocycles. The first-order valence-electron chi connectivity index (χ1n) is 5.97. The third-order valence-corrected chi connectivity index (χ3v) is 2.72. The van der Waals surface area contributed by atoms with Crippen LogP contribution in [0, 0.1) is 0 Å². The lowest BCUT2D eigenvalue weighted by molar-refractivity contribution is 0.194. The molecule has 1 N–H and O–H groups in total. The van der Waals surface area contributed by atoms with Crippen molar-refractivity contribution in [1.29, 1.82) is 0 Å². The SMILES string of the molecule is C=CCN(CC=C)c1cccc(OC)c1[C@H](C)O. The van der Waals surface area contributed by atoms with E-state index in [0.29, 0.717) is 18.8 Å². The van der Waals surface area contributed by atoms with E-state index in [-0.39, 0.29) is 0 Å². The van der Waals surface area contributed by atoms with Crippen molar-refractivity contribution in [3.8, 4) is 5.75 Å². The zero-order valence-corrected chi connectivity index (χ0v) is 11.1. The molecule has 0 aromatic heterocycles. The Morgan fingerprint density at radius 1 is 1.33 bits per heavy atom. The van der Waals surface area contributed by atoms with Crippen LogP contribution in [0.25, 0.3) is 0 Å². The van der Waals surface area contributed by atoms with E-state index in [4.69, 9.17) is 4.74 Å². The van der Waals surface area contributed by atoms with E-state index in [0.717, 1.165) is 11.3 Å². The standard InChI is InChI=1S/C15H21NO2/c1-5-10-16(11-6-2)13-8-7-9-14(18-4)15(13)12(3)17/h5-9,12,17H,1-2,10-11H2,3-4H3/t12-/m0/s1. The minimum absolute atomic E-state index is 0.590. The third kappa shape index (κ3) is 3.14. The number of nitrogens with zero attached hydrogens (tertiary/aromatic N) is 1. The van der Waals surface area contributed by atoms with Crippen LogP contribution in [0.1, 0.15) is 18.6 Å². The molecule has 3 nitrogen and oxygen atoms in total. The number of aliphatic hydroxyl groups is 1.